The zero-order chi connectivity index (χ0) is 15.8. The number of hydrogen-bond acceptors (Lipinski definition) is 2. The average molecular weight is 353 g/mol. The summed E-state index contributed by atoms with van der Waals surface area (Å²) in [6.45, 7) is 8.59. The van der Waals surface area contributed by atoms with E-state index in [1.165, 1.54) is 16.8 Å². The fourth-order valence-corrected chi connectivity index (χ4v) is 2.78. The summed E-state index contributed by atoms with van der Waals surface area (Å²) in [5.41, 5.74) is 3.73. The van der Waals surface area contributed by atoms with E-state index in [1.807, 2.05) is 12.1 Å². The first-order valence-corrected chi connectivity index (χ1v) is 8.39. The zero-order valence-electron chi connectivity index (χ0n) is 13.9. The van der Waals surface area contributed by atoms with Crippen LogP contribution in [0.5, 0.6) is 0 Å². The minimum Gasteiger partial charge on any atom is -0.384 e. The van der Waals surface area contributed by atoms with Crippen molar-refractivity contribution in [3.8, 4) is 0 Å². The Kier molecular flexibility index (Phi) is 9.08. The molecule has 1 N–H and O–H groups in total. The minimum absolute atomic E-state index is 0. The summed E-state index contributed by atoms with van der Waals surface area (Å²) in [5.74, 6) is 0. The predicted molar refractivity (Wildman–Crippen MR) is 104 cm³/mol. The van der Waals surface area contributed by atoms with Crippen molar-refractivity contribution in [2.24, 2.45) is 0 Å². The Labute approximate surface area is 151 Å². The van der Waals surface area contributed by atoms with Crippen LogP contribution < -0.4 is 5.32 Å². The smallest absolute Gasteiger partial charge is 0.0410 e. The Balaban J connectivity index is 0.00000264. The molecule has 0 aromatic heterocycles. The van der Waals surface area contributed by atoms with Gasteiger partial charge < -0.3 is 10.2 Å². The van der Waals surface area contributed by atoms with Crippen molar-refractivity contribution in [2.45, 2.75) is 20.3 Å². The third-order valence-corrected chi connectivity index (χ3v) is 4.18. The van der Waals surface area contributed by atoms with E-state index in [2.05, 4.69) is 60.5 Å². The van der Waals surface area contributed by atoms with Gasteiger partial charge in [-0.05, 0) is 48.8 Å². The van der Waals surface area contributed by atoms with E-state index in [0.29, 0.717) is 0 Å². The summed E-state index contributed by atoms with van der Waals surface area (Å²) >= 11 is 6.18. The molecule has 0 aliphatic heterocycles. The highest BCUT2D eigenvalue weighted by Crippen LogP contribution is 2.23. The number of hydrogen-bond donors (Lipinski definition) is 1. The van der Waals surface area contributed by atoms with Crippen molar-refractivity contribution < 1.29 is 0 Å². The quantitative estimate of drug-likeness (QED) is 0.710. The van der Waals surface area contributed by atoms with Crippen molar-refractivity contribution in [2.75, 3.05) is 31.5 Å². The first-order chi connectivity index (χ1) is 10.7. The standard InChI is InChI=1S/C19H25ClN2.ClH/c1-3-22(4-2)13-12-21-19-11-10-18(20)15-17(19)14-16-8-6-5-7-9-16;/h5-11,15,21H,3-4,12-14H2,1-2H3;1H. The molecule has 0 aliphatic carbocycles. The highest BCUT2D eigenvalue weighted by molar-refractivity contribution is 6.30. The first kappa shape index (κ1) is 19.8. The SMILES string of the molecule is CCN(CC)CCNc1ccc(Cl)cc1Cc1ccccc1.Cl. The van der Waals surface area contributed by atoms with Crippen LogP contribution in [0.4, 0.5) is 5.69 Å². The van der Waals surface area contributed by atoms with Gasteiger partial charge in [0.1, 0.15) is 0 Å². The predicted octanol–water partition coefficient (Wildman–Crippen LogP) is 5.11. The van der Waals surface area contributed by atoms with Crippen LogP contribution in [-0.4, -0.2) is 31.1 Å². The molecule has 0 saturated carbocycles. The van der Waals surface area contributed by atoms with E-state index >= 15 is 0 Å². The number of rotatable bonds is 8. The Morgan fingerprint density at radius 3 is 2.35 bits per heavy atom. The second-order valence-corrected chi connectivity index (χ2v) is 5.85. The summed E-state index contributed by atoms with van der Waals surface area (Å²) in [5, 5.41) is 4.35. The highest BCUT2D eigenvalue weighted by Gasteiger charge is 2.05. The molecule has 0 radical (unpaired) electrons. The van der Waals surface area contributed by atoms with Gasteiger partial charge in [-0.15, -0.1) is 12.4 Å². The summed E-state index contributed by atoms with van der Waals surface area (Å²) in [6.07, 6.45) is 0.898. The molecule has 2 nitrogen and oxygen atoms in total. The van der Waals surface area contributed by atoms with E-state index < -0.39 is 0 Å². The molecule has 0 amide bonds. The largest absolute Gasteiger partial charge is 0.384 e. The van der Waals surface area contributed by atoms with Crippen LogP contribution in [0.3, 0.4) is 0 Å². The molecule has 0 unspecified atom stereocenters. The van der Waals surface area contributed by atoms with Gasteiger partial charge in [0.2, 0.25) is 0 Å². The van der Waals surface area contributed by atoms with Gasteiger partial charge in [-0.2, -0.15) is 0 Å². The molecular formula is C19H26Cl2N2. The lowest BCUT2D eigenvalue weighted by Crippen LogP contribution is -2.28. The molecule has 4 heteroatoms. The Hall–Kier alpha value is -1.22. The lowest BCUT2D eigenvalue weighted by Gasteiger charge is -2.19. The van der Waals surface area contributed by atoms with E-state index in [4.69, 9.17) is 11.6 Å². The fourth-order valence-electron chi connectivity index (χ4n) is 2.59. The van der Waals surface area contributed by atoms with E-state index in [0.717, 1.165) is 37.6 Å². The normalized spacial score (nSPS) is 10.4. The Morgan fingerprint density at radius 2 is 1.70 bits per heavy atom. The molecule has 0 bridgehead atoms. The third-order valence-electron chi connectivity index (χ3n) is 3.94. The molecule has 0 aliphatic rings. The molecule has 126 valence electrons. The van der Waals surface area contributed by atoms with Crippen molar-refractivity contribution >= 4 is 29.7 Å². The topological polar surface area (TPSA) is 15.3 Å². The van der Waals surface area contributed by atoms with Crippen LogP contribution in [0.15, 0.2) is 48.5 Å². The molecule has 2 aromatic rings. The third kappa shape index (κ3) is 6.42. The summed E-state index contributed by atoms with van der Waals surface area (Å²) < 4.78 is 0. The number of anilines is 1. The van der Waals surface area contributed by atoms with Crippen LogP contribution in [0.25, 0.3) is 0 Å². The molecule has 23 heavy (non-hydrogen) atoms. The highest BCUT2D eigenvalue weighted by atomic mass is 35.5. The zero-order valence-corrected chi connectivity index (χ0v) is 15.5. The van der Waals surface area contributed by atoms with Crippen LogP contribution in [0.2, 0.25) is 5.02 Å². The maximum Gasteiger partial charge on any atom is 0.0410 e. The lowest BCUT2D eigenvalue weighted by atomic mass is 10.0. The summed E-state index contributed by atoms with van der Waals surface area (Å²) in [4.78, 5) is 2.42. The van der Waals surface area contributed by atoms with Crippen LogP contribution in [0.1, 0.15) is 25.0 Å². The van der Waals surface area contributed by atoms with Crippen molar-refractivity contribution in [3.63, 3.8) is 0 Å². The monoisotopic (exact) mass is 352 g/mol. The number of nitrogens with one attached hydrogen (secondary N) is 1. The molecule has 2 rings (SSSR count). The van der Waals surface area contributed by atoms with Gasteiger partial charge in [-0.3, -0.25) is 0 Å². The van der Waals surface area contributed by atoms with Crippen LogP contribution >= 0.6 is 24.0 Å². The van der Waals surface area contributed by atoms with Gasteiger partial charge in [0.15, 0.2) is 0 Å². The van der Waals surface area contributed by atoms with Crippen molar-refractivity contribution in [1.82, 2.24) is 4.90 Å². The Bertz CT molecular complexity index is 569. The summed E-state index contributed by atoms with van der Waals surface area (Å²) in [7, 11) is 0. The first-order valence-electron chi connectivity index (χ1n) is 8.01. The number of nitrogens with zero attached hydrogens (tertiary/aromatic N) is 1. The maximum absolute atomic E-state index is 6.18. The van der Waals surface area contributed by atoms with Gasteiger partial charge in [-0.1, -0.05) is 55.8 Å². The lowest BCUT2D eigenvalue weighted by molar-refractivity contribution is 0.316. The van der Waals surface area contributed by atoms with Crippen molar-refractivity contribution in [3.05, 3.63) is 64.7 Å². The average Bonchev–Trinajstić information content (AvgIpc) is 2.54. The van der Waals surface area contributed by atoms with Gasteiger partial charge in [0.05, 0.1) is 0 Å². The van der Waals surface area contributed by atoms with Crippen LogP contribution in [0, 0.1) is 0 Å². The van der Waals surface area contributed by atoms with Crippen molar-refractivity contribution in [1.29, 1.82) is 0 Å². The van der Waals surface area contributed by atoms with Crippen LogP contribution in [-0.2, 0) is 6.42 Å². The van der Waals surface area contributed by atoms with E-state index in [9.17, 15) is 0 Å². The maximum atomic E-state index is 6.18. The molecular weight excluding hydrogens is 327 g/mol. The molecule has 0 heterocycles. The number of halogens is 2. The second kappa shape index (κ2) is 10.5. The van der Waals surface area contributed by atoms with E-state index in [1.54, 1.807) is 0 Å². The van der Waals surface area contributed by atoms with Gasteiger partial charge in [0, 0.05) is 23.8 Å². The van der Waals surface area contributed by atoms with Gasteiger partial charge >= 0.3 is 0 Å². The second-order valence-electron chi connectivity index (χ2n) is 5.42. The molecule has 0 atom stereocenters. The fraction of sp³-hybridized carbons (Fsp3) is 0.368. The molecule has 0 fully saturated rings. The summed E-state index contributed by atoms with van der Waals surface area (Å²) in [6, 6.07) is 16.6. The minimum atomic E-state index is 0. The molecule has 0 spiro atoms. The Morgan fingerprint density at radius 1 is 1.00 bits per heavy atom. The van der Waals surface area contributed by atoms with Gasteiger partial charge in [-0.25, -0.2) is 0 Å². The van der Waals surface area contributed by atoms with Gasteiger partial charge in [0.25, 0.3) is 0 Å². The molecule has 0 saturated heterocycles. The number of benzene rings is 2. The van der Waals surface area contributed by atoms with E-state index in [-0.39, 0.29) is 12.4 Å². The molecule has 2 aromatic carbocycles. The number of likely N-dealkylation sites (N-methyl/N-ethyl adjacent to an activating group) is 1.